The van der Waals surface area contributed by atoms with E-state index >= 15 is 0 Å². The Morgan fingerprint density at radius 3 is 3.00 bits per heavy atom. The molecule has 0 saturated carbocycles. The number of phenols is 1. The zero-order chi connectivity index (χ0) is 10.4. The minimum Gasteiger partial charge on any atom is -0.508 e. The highest BCUT2D eigenvalue weighted by molar-refractivity contribution is 5.71. The van der Waals surface area contributed by atoms with Gasteiger partial charge in [0.2, 0.25) is 0 Å². The van der Waals surface area contributed by atoms with Crippen molar-refractivity contribution in [3.63, 3.8) is 0 Å². The number of nitrogens with one attached hydrogen (secondary N) is 1. The van der Waals surface area contributed by atoms with Crippen molar-refractivity contribution in [2.45, 2.75) is 6.54 Å². The summed E-state index contributed by atoms with van der Waals surface area (Å²) in [6, 6.07) is 6.86. The van der Waals surface area contributed by atoms with E-state index in [1.165, 1.54) is 7.11 Å². The Labute approximate surface area is 82.5 Å². The zero-order valence-corrected chi connectivity index (χ0v) is 7.99. The number of ether oxygens (including phenoxy) is 1. The number of aromatic hydroxyl groups is 1. The monoisotopic (exact) mass is 195 g/mol. The summed E-state index contributed by atoms with van der Waals surface area (Å²) >= 11 is 0. The van der Waals surface area contributed by atoms with Gasteiger partial charge in [-0.1, -0.05) is 12.1 Å². The molecule has 4 nitrogen and oxygen atoms in total. The van der Waals surface area contributed by atoms with Crippen molar-refractivity contribution >= 4 is 5.97 Å². The summed E-state index contributed by atoms with van der Waals surface area (Å²) in [5.41, 5.74) is 0.925. The highest BCUT2D eigenvalue weighted by Gasteiger charge is 1.99. The number of esters is 1. The van der Waals surface area contributed by atoms with Crippen molar-refractivity contribution in [1.29, 1.82) is 0 Å². The van der Waals surface area contributed by atoms with Crippen molar-refractivity contribution in [3.8, 4) is 5.75 Å². The van der Waals surface area contributed by atoms with Crippen LogP contribution in [-0.4, -0.2) is 24.7 Å². The molecule has 0 bridgehead atoms. The van der Waals surface area contributed by atoms with Crippen molar-refractivity contribution < 1.29 is 14.6 Å². The van der Waals surface area contributed by atoms with Crippen molar-refractivity contribution in [2.24, 2.45) is 0 Å². The molecule has 0 amide bonds. The van der Waals surface area contributed by atoms with Gasteiger partial charge in [-0.05, 0) is 17.7 Å². The third-order valence-corrected chi connectivity index (χ3v) is 1.74. The summed E-state index contributed by atoms with van der Waals surface area (Å²) in [7, 11) is 1.35. The molecule has 14 heavy (non-hydrogen) atoms. The highest BCUT2D eigenvalue weighted by Crippen LogP contribution is 2.10. The number of carbonyl (C=O) groups is 1. The summed E-state index contributed by atoms with van der Waals surface area (Å²) in [6.07, 6.45) is 0. The van der Waals surface area contributed by atoms with Gasteiger partial charge >= 0.3 is 5.97 Å². The summed E-state index contributed by atoms with van der Waals surface area (Å²) in [5, 5.41) is 12.0. The number of hydrogen-bond acceptors (Lipinski definition) is 4. The zero-order valence-electron chi connectivity index (χ0n) is 7.99. The quantitative estimate of drug-likeness (QED) is 0.693. The lowest BCUT2D eigenvalue weighted by Crippen LogP contribution is -2.23. The maximum Gasteiger partial charge on any atom is 0.319 e. The third kappa shape index (κ3) is 3.45. The molecule has 0 heterocycles. The van der Waals surface area contributed by atoms with Crippen LogP contribution in [0.1, 0.15) is 5.56 Å². The van der Waals surface area contributed by atoms with Crippen molar-refractivity contribution in [3.05, 3.63) is 29.8 Å². The first kappa shape index (κ1) is 10.5. The fourth-order valence-electron chi connectivity index (χ4n) is 1.05. The molecule has 0 unspecified atom stereocenters. The maximum atomic E-state index is 10.7. The van der Waals surface area contributed by atoms with Gasteiger partial charge in [0.05, 0.1) is 13.7 Å². The number of hydrogen-bond donors (Lipinski definition) is 2. The molecule has 76 valence electrons. The Morgan fingerprint density at radius 2 is 2.36 bits per heavy atom. The molecule has 0 aliphatic rings. The third-order valence-electron chi connectivity index (χ3n) is 1.74. The minimum absolute atomic E-state index is 0.173. The van der Waals surface area contributed by atoms with Crippen LogP contribution in [0.15, 0.2) is 24.3 Å². The molecule has 0 fully saturated rings. The second-order valence-electron chi connectivity index (χ2n) is 2.85. The summed E-state index contributed by atoms with van der Waals surface area (Å²) in [6.45, 7) is 0.704. The molecular formula is C10H13NO3. The van der Waals surface area contributed by atoms with E-state index in [1.807, 2.05) is 6.07 Å². The predicted molar refractivity (Wildman–Crippen MR) is 51.8 cm³/mol. The van der Waals surface area contributed by atoms with E-state index in [0.29, 0.717) is 6.54 Å². The average molecular weight is 195 g/mol. The number of rotatable bonds is 4. The first-order chi connectivity index (χ1) is 6.72. The van der Waals surface area contributed by atoms with Crippen molar-refractivity contribution in [2.75, 3.05) is 13.7 Å². The maximum absolute atomic E-state index is 10.7. The van der Waals surface area contributed by atoms with Crippen LogP contribution in [-0.2, 0) is 16.1 Å². The average Bonchev–Trinajstić information content (AvgIpc) is 2.17. The van der Waals surface area contributed by atoms with Crippen LogP contribution in [0.2, 0.25) is 0 Å². The first-order valence-corrected chi connectivity index (χ1v) is 4.28. The van der Waals surface area contributed by atoms with Crippen LogP contribution in [0.25, 0.3) is 0 Å². The van der Waals surface area contributed by atoms with Gasteiger partial charge in [0.15, 0.2) is 0 Å². The summed E-state index contributed by atoms with van der Waals surface area (Å²) in [5.74, 6) is -0.0764. The van der Waals surface area contributed by atoms with E-state index in [4.69, 9.17) is 5.11 Å². The largest absolute Gasteiger partial charge is 0.508 e. The molecule has 0 aliphatic heterocycles. The lowest BCUT2D eigenvalue weighted by molar-refractivity contribution is -0.139. The van der Waals surface area contributed by atoms with Gasteiger partial charge in [0, 0.05) is 6.54 Å². The fourth-order valence-corrected chi connectivity index (χ4v) is 1.05. The molecule has 0 spiro atoms. The molecule has 0 aliphatic carbocycles. The molecule has 0 aromatic heterocycles. The van der Waals surface area contributed by atoms with Crippen LogP contribution >= 0.6 is 0 Å². The van der Waals surface area contributed by atoms with Crippen LogP contribution in [0, 0.1) is 0 Å². The normalized spacial score (nSPS) is 9.79. The summed E-state index contributed by atoms with van der Waals surface area (Å²) in [4.78, 5) is 10.7. The van der Waals surface area contributed by atoms with E-state index in [1.54, 1.807) is 18.2 Å². The molecule has 0 atom stereocenters. The van der Waals surface area contributed by atoms with Gasteiger partial charge in [-0.25, -0.2) is 0 Å². The molecule has 4 heteroatoms. The van der Waals surface area contributed by atoms with Crippen molar-refractivity contribution in [1.82, 2.24) is 5.32 Å². The molecule has 2 N–H and O–H groups in total. The fraction of sp³-hybridized carbons (Fsp3) is 0.300. The molecule has 0 radical (unpaired) electrons. The lowest BCUT2D eigenvalue weighted by atomic mass is 10.2. The van der Waals surface area contributed by atoms with E-state index in [0.717, 1.165) is 5.56 Å². The number of benzene rings is 1. The molecule has 1 aromatic rings. The summed E-state index contributed by atoms with van der Waals surface area (Å²) < 4.78 is 4.46. The van der Waals surface area contributed by atoms with Crippen LogP contribution in [0.3, 0.4) is 0 Å². The minimum atomic E-state index is -0.301. The number of methoxy groups -OCH3 is 1. The lowest BCUT2D eigenvalue weighted by Gasteiger charge is -2.03. The smallest absolute Gasteiger partial charge is 0.319 e. The Hall–Kier alpha value is -1.55. The van der Waals surface area contributed by atoms with Crippen LogP contribution in [0.5, 0.6) is 5.75 Å². The Bertz CT molecular complexity index is 312. The van der Waals surface area contributed by atoms with Gasteiger partial charge in [-0.2, -0.15) is 0 Å². The molecular weight excluding hydrogens is 182 g/mol. The van der Waals surface area contributed by atoms with Crippen LogP contribution < -0.4 is 5.32 Å². The first-order valence-electron chi connectivity index (χ1n) is 4.28. The van der Waals surface area contributed by atoms with Gasteiger partial charge in [0.25, 0.3) is 0 Å². The van der Waals surface area contributed by atoms with E-state index < -0.39 is 0 Å². The molecule has 1 aromatic carbocycles. The number of phenolic OH excluding ortho intramolecular Hbond substituents is 1. The van der Waals surface area contributed by atoms with Gasteiger partial charge in [0.1, 0.15) is 5.75 Å². The second-order valence-corrected chi connectivity index (χ2v) is 2.85. The van der Waals surface area contributed by atoms with Gasteiger partial charge in [-0.15, -0.1) is 0 Å². The van der Waals surface area contributed by atoms with E-state index in [9.17, 15) is 4.79 Å². The topological polar surface area (TPSA) is 58.6 Å². The molecule has 1 rings (SSSR count). The second kappa shape index (κ2) is 5.24. The Balaban J connectivity index is 2.35. The predicted octanol–water partition coefficient (Wildman–Crippen LogP) is 0.655. The van der Waals surface area contributed by atoms with E-state index in [2.05, 4.69) is 10.1 Å². The van der Waals surface area contributed by atoms with Crippen LogP contribution in [0.4, 0.5) is 0 Å². The van der Waals surface area contributed by atoms with Gasteiger partial charge in [-0.3, -0.25) is 4.79 Å². The number of carbonyl (C=O) groups excluding carboxylic acids is 1. The highest BCUT2D eigenvalue weighted by atomic mass is 16.5. The molecule has 0 saturated heterocycles. The SMILES string of the molecule is COC(=O)CNCc1cccc(O)c1. The van der Waals surface area contributed by atoms with E-state index in [-0.39, 0.29) is 18.3 Å². The standard InChI is InChI=1S/C10H13NO3/c1-14-10(13)7-11-6-8-3-2-4-9(12)5-8/h2-5,11-12H,6-7H2,1H3. The Morgan fingerprint density at radius 1 is 1.57 bits per heavy atom. The van der Waals surface area contributed by atoms with Gasteiger partial charge < -0.3 is 15.2 Å². The Kier molecular flexibility index (Phi) is 3.94.